The number of hydrogen-bond donors (Lipinski definition) is 1. The third-order valence-electron chi connectivity index (χ3n) is 5.10. The van der Waals surface area contributed by atoms with Gasteiger partial charge in [-0.15, -0.1) is 35.7 Å². The molecule has 3 rings (SSSR count). The van der Waals surface area contributed by atoms with Gasteiger partial charge in [-0.3, -0.25) is 9.89 Å². The second-order valence-electron chi connectivity index (χ2n) is 6.87. The van der Waals surface area contributed by atoms with E-state index >= 15 is 0 Å². The molecule has 0 bridgehead atoms. The summed E-state index contributed by atoms with van der Waals surface area (Å²) < 4.78 is 19.0. The van der Waals surface area contributed by atoms with E-state index in [0.29, 0.717) is 12.5 Å². The summed E-state index contributed by atoms with van der Waals surface area (Å²) in [5.74, 6) is 1.38. The van der Waals surface area contributed by atoms with Gasteiger partial charge >= 0.3 is 0 Å². The van der Waals surface area contributed by atoms with Crippen LogP contribution in [0.3, 0.4) is 0 Å². The van der Waals surface area contributed by atoms with Crippen LogP contribution in [-0.2, 0) is 11.3 Å². The molecule has 5 nitrogen and oxygen atoms in total. The van der Waals surface area contributed by atoms with Gasteiger partial charge in [0.1, 0.15) is 5.82 Å². The van der Waals surface area contributed by atoms with E-state index in [1.54, 1.807) is 17.8 Å². The van der Waals surface area contributed by atoms with Crippen molar-refractivity contribution in [1.29, 1.82) is 0 Å². The van der Waals surface area contributed by atoms with Crippen molar-refractivity contribution in [2.24, 2.45) is 10.9 Å². The Morgan fingerprint density at radius 2 is 2.11 bits per heavy atom. The molecule has 0 spiro atoms. The third-order valence-corrected chi connectivity index (χ3v) is 5.93. The molecule has 1 unspecified atom stereocenters. The lowest BCUT2D eigenvalue weighted by atomic mass is 10.1. The summed E-state index contributed by atoms with van der Waals surface area (Å²) in [4.78, 5) is 10.4. The van der Waals surface area contributed by atoms with Crippen molar-refractivity contribution >= 4 is 41.7 Å². The Morgan fingerprint density at radius 3 is 2.81 bits per heavy atom. The molecule has 0 aliphatic carbocycles. The van der Waals surface area contributed by atoms with Crippen LogP contribution in [0.25, 0.3) is 0 Å². The number of guanidine groups is 1. The Morgan fingerprint density at radius 1 is 1.33 bits per heavy atom. The Labute approximate surface area is 183 Å². The predicted octanol–water partition coefficient (Wildman–Crippen LogP) is 2.90. The highest BCUT2D eigenvalue weighted by molar-refractivity contribution is 14.0. The van der Waals surface area contributed by atoms with Gasteiger partial charge in [-0.1, -0.05) is 0 Å². The van der Waals surface area contributed by atoms with Gasteiger partial charge in [-0.25, -0.2) is 4.39 Å². The summed E-state index contributed by atoms with van der Waals surface area (Å²) >= 11 is 1.64. The van der Waals surface area contributed by atoms with Crippen LogP contribution in [0.1, 0.15) is 12.0 Å². The van der Waals surface area contributed by atoms with Gasteiger partial charge in [0, 0.05) is 51.2 Å². The molecule has 27 heavy (non-hydrogen) atoms. The zero-order valence-electron chi connectivity index (χ0n) is 16.1. The lowest BCUT2D eigenvalue weighted by molar-refractivity contribution is 0.0315. The van der Waals surface area contributed by atoms with Gasteiger partial charge in [-0.05, 0) is 42.4 Å². The molecule has 0 radical (unpaired) electrons. The van der Waals surface area contributed by atoms with E-state index < -0.39 is 0 Å². The fraction of sp³-hybridized carbons (Fsp3) is 0.632. The number of rotatable bonds is 5. The molecule has 2 aliphatic rings. The minimum Gasteiger partial charge on any atom is -0.379 e. The Hall–Kier alpha value is -0.580. The SMILES string of the molecule is CN=C(NCc1cc(F)ccc1SC)N1CCC(CN2CCOCC2)C1.I. The van der Waals surface area contributed by atoms with Gasteiger partial charge < -0.3 is 15.0 Å². The standard InChI is InChI=1S/C19H29FN4OS.HI/c1-21-19(22-12-16-11-17(20)3-4-18(16)26-2)24-6-5-15(14-24)13-23-7-9-25-10-8-23;/h3-4,11,15H,5-10,12-14H2,1-2H3,(H,21,22);1H. The van der Waals surface area contributed by atoms with Crippen molar-refractivity contribution in [3.63, 3.8) is 0 Å². The lowest BCUT2D eigenvalue weighted by Gasteiger charge is -2.29. The number of nitrogens with zero attached hydrogens (tertiary/aromatic N) is 3. The Kier molecular flexibility index (Phi) is 9.61. The van der Waals surface area contributed by atoms with E-state index in [2.05, 4.69) is 20.1 Å². The molecular formula is C19H30FIN4OS. The number of benzene rings is 1. The molecule has 2 aliphatic heterocycles. The molecule has 2 heterocycles. The topological polar surface area (TPSA) is 40.1 Å². The quantitative estimate of drug-likeness (QED) is 0.287. The first-order valence-electron chi connectivity index (χ1n) is 9.27. The van der Waals surface area contributed by atoms with Crippen LogP contribution in [0.4, 0.5) is 4.39 Å². The molecule has 2 fully saturated rings. The molecule has 0 saturated carbocycles. The first-order valence-corrected chi connectivity index (χ1v) is 10.5. The fourth-order valence-corrected chi connectivity index (χ4v) is 4.31. The molecular weight excluding hydrogens is 478 g/mol. The molecule has 1 aromatic carbocycles. The number of ether oxygens (including phenoxy) is 1. The summed E-state index contributed by atoms with van der Waals surface area (Å²) in [6.45, 7) is 7.56. The third kappa shape index (κ3) is 6.47. The van der Waals surface area contributed by atoms with Crippen molar-refractivity contribution in [3.05, 3.63) is 29.6 Å². The summed E-state index contributed by atoms with van der Waals surface area (Å²) in [6.07, 6.45) is 3.20. The smallest absolute Gasteiger partial charge is 0.193 e. The van der Waals surface area contributed by atoms with Crippen LogP contribution >= 0.6 is 35.7 Å². The van der Waals surface area contributed by atoms with Gasteiger partial charge in [-0.2, -0.15) is 0 Å². The average Bonchev–Trinajstić information content (AvgIpc) is 3.11. The van der Waals surface area contributed by atoms with Crippen LogP contribution in [0.2, 0.25) is 0 Å². The largest absolute Gasteiger partial charge is 0.379 e. The van der Waals surface area contributed by atoms with Gasteiger partial charge in [0.15, 0.2) is 5.96 Å². The van der Waals surface area contributed by atoms with Crippen LogP contribution in [0, 0.1) is 11.7 Å². The normalized spacial score (nSPS) is 21.2. The number of thioether (sulfide) groups is 1. The van der Waals surface area contributed by atoms with Crippen LogP contribution in [-0.4, -0.2) is 75.0 Å². The van der Waals surface area contributed by atoms with E-state index in [9.17, 15) is 4.39 Å². The zero-order chi connectivity index (χ0) is 18.4. The second kappa shape index (κ2) is 11.4. The monoisotopic (exact) mass is 508 g/mol. The zero-order valence-corrected chi connectivity index (χ0v) is 19.3. The molecule has 1 atom stereocenters. The van der Waals surface area contributed by atoms with Gasteiger partial charge in [0.25, 0.3) is 0 Å². The minimum atomic E-state index is -0.193. The summed E-state index contributed by atoms with van der Waals surface area (Å²) in [5, 5.41) is 3.42. The fourth-order valence-electron chi connectivity index (χ4n) is 3.71. The molecule has 152 valence electrons. The molecule has 0 amide bonds. The first kappa shape index (κ1) is 22.7. The molecule has 8 heteroatoms. The average molecular weight is 508 g/mol. The highest BCUT2D eigenvalue weighted by Gasteiger charge is 2.27. The molecule has 0 aromatic heterocycles. The molecule has 1 N–H and O–H groups in total. The summed E-state index contributed by atoms with van der Waals surface area (Å²) in [5.41, 5.74) is 0.975. The van der Waals surface area contributed by atoms with E-state index in [1.807, 2.05) is 19.4 Å². The summed E-state index contributed by atoms with van der Waals surface area (Å²) in [6, 6.07) is 4.96. The lowest BCUT2D eigenvalue weighted by Crippen LogP contribution is -2.42. The maximum atomic E-state index is 13.6. The van der Waals surface area contributed by atoms with Crippen molar-refractivity contribution in [1.82, 2.24) is 15.1 Å². The summed E-state index contributed by atoms with van der Waals surface area (Å²) in [7, 11) is 1.82. The maximum Gasteiger partial charge on any atom is 0.193 e. The maximum absolute atomic E-state index is 13.6. The Bertz CT molecular complexity index is 628. The van der Waals surface area contributed by atoms with E-state index in [4.69, 9.17) is 4.74 Å². The van der Waals surface area contributed by atoms with E-state index in [0.717, 1.165) is 62.4 Å². The Balaban J connectivity index is 0.00000261. The number of nitrogens with one attached hydrogen (secondary N) is 1. The number of aliphatic imine (C=N–C) groups is 1. The highest BCUT2D eigenvalue weighted by Crippen LogP contribution is 2.22. The number of likely N-dealkylation sites (tertiary alicyclic amines) is 1. The number of hydrogen-bond acceptors (Lipinski definition) is 4. The van der Waals surface area contributed by atoms with Crippen LogP contribution in [0.5, 0.6) is 0 Å². The number of halogens is 2. The van der Waals surface area contributed by atoms with Crippen molar-refractivity contribution in [2.45, 2.75) is 17.9 Å². The van der Waals surface area contributed by atoms with Crippen molar-refractivity contribution in [2.75, 3.05) is 59.2 Å². The first-order chi connectivity index (χ1) is 12.7. The van der Waals surface area contributed by atoms with E-state index in [1.165, 1.54) is 12.5 Å². The predicted molar refractivity (Wildman–Crippen MR) is 121 cm³/mol. The van der Waals surface area contributed by atoms with Gasteiger partial charge in [0.05, 0.1) is 13.2 Å². The van der Waals surface area contributed by atoms with Crippen molar-refractivity contribution in [3.8, 4) is 0 Å². The van der Waals surface area contributed by atoms with E-state index in [-0.39, 0.29) is 29.8 Å². The minimum absolute atomic E-state index is 0. The van der Waals surface area contributed by atoms with Crippen molar-refractivity contribution < 1.29 is 9.13 Å². The van der Waals surface area contributed by atoms with Gasteiger partial charge in [0.2, 0.25) is 0 Å². The molecule has 2 saturated heterocycles. The molecule has 1 aromatic rings. The highest BCUT2D eigenvalue weighted by atomic mass is 127. The number of morpholine rings is 1. The second-order valence-corrected chi connectivity index (χ2v) is 7.72. The van der Waals surface area contributed by atoms with Crippen LogP contribution in [0.15, 0.2) is 28.1 Å². The van der Waals surface area contributed by atoms with Crippen LogP contribution < -0.4 is 5.32 Å².